The molecule has 0 bridgehead atoms. The molecule has 1 aromatic heterocycles. The maximum atomic E-state index is 8.93. The smallest absolute Gasteiger partial charge is 0.163 e. The number of aromatic nitrogens is 3. The van der Waals surface area contributed by atoms with Crippen LogP contribution >= 0.6 is 0 Å². The highest BCUT2D eigenvalue weighted by Crippen LogP contribution is 2.18. The van der Waals surface area contributed by atoms with E-state index in [1.807, 2.05) is 0 Å². The molecule has 0 atom stereocenters. The molecular formula is C12H7N7. The molecule has 0 aliphatic carbocycles. The highest BCUT2D eigenvalue weighted by molar-refractivity contribution is 5.79. The van der Waals surface area contributed by atoms with Crippen molar-refractivity contribution in [3.63, 3.8) is 0 Å². The Morgan fingerprint density at radius 2 is 1.95 bits per heavy atom. The molecule has 0 radical (unpaired) electrons. The van der Waals surface area contributed by atoms with Gasteiger partial charge in [0.15, 0.2) is 5.57 Å². The molecule has 7 nitrogen and oxygen atoms in total. The predicted octanol–water partition coefficient (Wildman–Crippen LogP) is 1.21. The summed E-state index contributed by atoms with van der Waals surface area (Å²) in [6, 6.07) is 10.3. The second-order valence-electron chi connectivity index (χ2n) is 3.63. The van der Waals surface area contributed by atoms with E-state index in [1.54, 1.807) is 48.1 Å². The molecule has 2 aromatic rings. The first-order chi connectivity index (χ1) is 9.19. The van der Waals surface area contributed by atoms with Crippen molar-refractivity contribution >= 4 is 16.7 Å². The summed E-state index contributed by atoms with van der Waals surface area (Å²) in [5, 5.41) is 36.9. The summed E-state index contributed by atoms with van der Waals surface area (Å²) in [5.74, 6) is 0. The number of hydrogen-bond donors (Lipinski definition) is 1. The van der Waals surface area contributed by atoms with Crippen molar-refractivity contribution in [3.05, 3.63) is 29.5 Å². The summed E-state index contributed by atoms with van der Waals surface area (Å²) in [5.41, 5.74) is 1.71. The van der Waals surface area contributed by atoms with Crippen molar-refractivity contribution in [2.75, 3.05) is 5.32 Å². The van der Waals surface area contributed by atoms with Crippen molar-refractivity contribution < 1.29 is 0 Å². The fourth-order valence-corrected chi connectivity index (χ4v) is 1.55. The Morgan fingerprint density at radius 1 is 1.21 bits per heavy atom. The zero-order chi connectivity index (χ0) is 13.8. The molecule has 0 aliphatic heterocycles. The van der Waals surface area contributed by atoms with Crippen LogP contribution in [0.15, 0.2) is 29.5 Å². The van der Waals surface area contributed by atoms with Gasteiger partial charge in [-0.3, -0.25) is 0 Å². The van der Waals surface area contributed by atoms with Gasteiger partial charge >= 0.3 is 0 Å². The minimum Gasteiger partial charge on any atom is -0.345 e. The molecule has 19 heavy (non-hydrogen) atoms. The Hall–Kier alpha value is -3.37. The van der Waals surface area contributed by atoms with Crippen LogP contribution in [0.1, 0.15) is 0 Å². The molecule has 0 aliphatic rings. The van der Waals surface area contributed by atoms with Crippen LogP contribution in [-0.2, 0) is 7.05 Å². The van der Waals surface area contributed by atoms with Gasteiger partial charge in [-0.05, 0) is 18.2 Å². The minimum absolute atomic E-state index is 0.0896. The molecule has 0 fully saturated rings. The number of aryl methyl sites for hydroxylation is 1. The summed E-state index contributed by atoms with van der Waals surface area (Å²) >= 11 is 0. The molecule has 0 spiro atoms. The summed E-state index contributed by atoms with van der Waals surface area (Å²) in [4.78, 5) is 0. The summed E-state index contributed by atoms with van der Waals surface area (Å²) in [6.07, 6.45) is 0. The topological polar surface area (TPSA) is 114 Å². The number of nitriles is 3. The second-order valence-corrected chi connectivity index (χ2v) is 3.63. The van der Waals surface area contributed by atoms with E-state index < -0.39 is 0 Å². The number of rotatable bonds is 2. The van der Waals surface area contributed by atoms with Gasteiger partial charge in [0.1, 0.15) is 29.4 Å². The van der Waals surface area contributed by atoms with E-state index in [0.717, 1.165) is 5.52 Å². The Labute approximate surface area is 108 Å². The first-order valence-electron chi connectivity index (χ1n) is 5.20. The van der Waals surface area contributed by atoms with Crippen molar-refractivity contribution in [2.45, 2.75) is 0 Å². The van der Waals surface area contributed by atoms with Crippen molar-refractivity contribution in [3.8, 4) is 18.2 Å². The van der Waals surface area contributed by atoms with Gasteiger partial charge in [-0.2, -0.15) is 15.8 Å². The summed E-state index contributed by atoms with van der Waals surface area (Å²) < 4.78 is 1.62. The van der Waals surface area contributed by atoms with Crippen LogP contribution in [0.2, 0.25) is 0 Å². The fourth-order valence-electron chi connectivity index (χ4n) is 1.55. The Morgan fingerprint density at radius 3 is 2.58 bits per heavy atom. The van der Waals surface area contributed by atoms with Gasteiger partial charge < -0.3 is 5.32 Å². The Kier molecular flexibility index (Phi) is 3.10. The normalized spacial score (nSPS) is 9.16. The molecule has 0 amide bonds. The van der Waals surface area contributed by atoms with Gasteiger partial charge in [0, 0.05) is 12.7 Å². The lowest BCUT2D eigenvalue weighted by Crippen LogP contribution is -2.00. The number of benzene rings is 1. The zero-order valence-electron chi connectivity index (χ0n) is 9.92. The van der Waals surface area contributed by atoms with Crippen LogP contribution < -0.4 is 5.32 Å². The lowest BCUT2D eigenvalue weighted by molar-refractivity contribution is 0.736. The summed E-state index contributed by atoms with van der Waals surface area (Å²) in [7, 11) is 1.77. The highest BCUT2D eigenvalue weighted by atomic mass is 15.4. The van der Waals surface area contributed by atoms with Crippen LogP contribution in [0.5, 0.6) is 0 Å². The number of nitrogens with zero attached hydrogens (tertiary/aromatic N) is 6. The third kappa shape index (κ3) is 2.19. The first-order valence-corrected chi connectivity index (χ1v) is 5.20. The van der Waals surface area contributed by atoms with E-state index in [2.05, 4.69) is 15.6 Å². The quantitative estimate of drug-likeness (QED) is 0.800. The zero-order valence-corrected chi connectivity index (χ0v) is 9.92. The van der Waals surface area contributed by atoms with Crippen LogP contribution in [0.25, 0.3) is 11.0 Å². The monoisotopic (exact) mass is 249 g/mol. The molecule has 1 N–H and O–H groups in total. The van der Waals surface area contributed by atoms with Crippen molar-refractivity contribution in [2.24, 2.45) is 7.05 Å². The standard InChI is InChI=1S/C12H7N7/c1-19-12-3-2-9(4-10(12)17-18-19)16-11(7-15)8(5-13)6-14/h2-4,16H,1H3. The number of allylic oxidation sites excluding steroid dienone is 2. The highest BCUT2D eigenvalue weighted by Gasteiger charge is 2.07. The van der Waals surface area contributed by atoms with Crippen molar-refractivity contribution in [1.82, 2.24) is 15.0 Å². The lowest BCUT2D eigenvalue weighted by atomic mass is 10.2. The Bertz CT molecular complexity index is 776. The van der Waals surface area contributed by atoms with E-state index in [1.165, 1.54) is 0 Å². The van der Waals surface area contributed by atoms with Crippen LogP contribution in [0.3, 0.4) is 0 Å². The predicted molar refractivity (Wildman–Crippen MR) is 66.0 cm³/mol. The van der Waals surface area contributed by atoms with Gasteiger partial charge in [0.25, 0.3) is 0 Å². The van der Waals surface area contributed by atoms with E-state index >= 15 is 0 Å². The number of hydrogen-bond acceptors (Lipinski definition) is 6. The molecule has 1 heterocycles. The SMILES string of the molecule is Cn1nnc2cc(NC(C#N)=C(C#N)C#N)ccc21. The molecule has 90 valence electrons. The van der Waals surface area contributed by atoms with Crippen LogP contribution in [0.4, 0.5) is 5.69 Å². The third-order valence-corrected chi connectivity index (χ3v) is 2.47. The van der Waals surface area contributed by atoms with E-state index in [-0.39, 0.29) is 11.3 Å². The molecular weight excluding hydrogens is 242 g/mol. The molecule has 7 heteroatoms. The first kappa shape index (κ1) is 12.1. The van der Waals surface area contributed by atoms with Gasteiger partial charge in [-0.1, -0.05) is 5.21 Å². The molecule has 0 saturated carbocycles. The molecule has 0 saturated heterocycles. The minimum atomic E-state index is -0.262. The largest absolute Gasteiger partial charge is 0.345 e. The van der Waals surface area contributed by atoms with Gasteiger partial charge in [-0.15, -0.1) is 5.10 Å². The molecule has 1 aromatic carbocycles. The van der Waals surface area contributed by atoms with Crippen LogP contribution in [-0.4, -0.2) is 15.0 Å². The fraction of sp³-hybridized carbons (Fsp3) is 0.0833. The third-order valence-electron chi connectivity index (χ3n) is 2.47. The van der Waals surface area contributed by atoms with E-state index in [4.69, 9.17) is 15.8 Å². The van der Waals surface area contributed by atoms with Gasteiger partial charge in [0.05, 0.1) is 5.52 Å². The van der Waals surface area contributed by atoms with Gasteiger partial charge in [0.2, 0.25) is 0 Å². The number of fused-ring (bicyclic) bond motifs is 1. The van der Waals surface area contributed by atoms with E-state index in [9.17, 15) is 0 Å². The number of anilines is 1. The molecule has 2 rings (SSSR count). The average Bonchev–Trinajstić information content (AvgIpc) is 2.80. The number of nitrogens with one attached hydrogen (secondary N) is 1. The average molecular weight is 249 g/mol. The van der Waals surface area contributed by atoms with Crippen molar-refractivity contribution in [1.29, 1.82) is 15.8 Å². The molecule has 0 unspecified atom stereocenters. The van der Waals surface area contributed by atoms with Gasteiger partial charge in [-0.25, -0.2) is 4.68 Å². The van der Waals surface area contributed by atoms with E-state index in [0.29, 0.717) is 11.2 Å². The maximum Gasteiger partial charge on any atom is 0.163 e. The second kappa shape index (κ2) is 4.87. The summed E-state index contributed by atoms with van der Waals surface area (Å²) in [6.45, 7) is 0. The lowest BCUT2D eigenvalue weighted by Gasteiger charge is -2.04. The maximum absolute atomic E-state index is 8.93. The van der Waals surface area contributed by atoms with Crippen LogP contribution in [0, 0.1) is 34.0 Å². The Balaban J connectivity index is 2.42.